The van der Waals surface area contributed by atoms with Crippen LogP contribution in [0.15, 0.2) is 47.0 Å². The molecule has 0 saturated carbocycles. The molecule has 4 heterocycles. The number of aromatic amines is 1. The van der Waals surface area contributed by atoms with Crippen molar-refractivity contribution in [1.82, 2.24) is 24.8 Å². The molecule has 3 aromatic heterocycles. The fourth-order valence-corrected chi connectivity index (χ4v) is 3.75. The number of nitrogens with one attached hydrogen (secondary N) is 2. The van der Waals surface area contributed by atoms with Gasteiger partial charge in [-0.25, -0.2) is 15.0 Å². The normalized spacial score (nSPS) is 13.9. The Balaban J connectivity index is 1.29. The summed E-state index contributed by atoms with van der Waals surface area (Å²) in [5.41, 5.74) is 0.650. The van der Waals surface area contributed by atoms with Crippen molar-refractivity contribution < 1.29 is 9.59 Å². The monoisotopic (exact) mass is 425 g/mol. The topological polar surface area (TPSA) is 124 Å². The first-order chi connectivity index (χ1) is 14.6. The van der Waals surface area contributed by atoms with Crippen molar-refractivity contribution in [2.75, 3.05) is 36.4 Å². The highest BCUT2D eigenvalue weighted by atomic mass is 32.1. The highest BCUT2D eigenvalue weighted by Crippen LogP contribution is 2.18. The minimum atomic E-state index is -0.377. The van der Waals surface area contributed by atoms with E-state index in [1.165, 1.54) is 29.7 Å². The molecule has 2 N–H and O–H groups in total. The van der Waals surface area contributed by atoms with Crippen molar-refractivity contribution >= 4 is 34.2 Å². The van der Waals surface area contributed by atoms with E-state index < -0.39 is 0 Å². The summed E-state index contributed by atoms with van der Waals surface area (Å²) in [5.74, 6) is 0.289. The van der Waals surface area contributed by atoms with Gasteiger partial charge >= 0.3 is 0 Å². The lowest BCUT2D eigenvalue weighted by Crippen LogP contribution is -2.49. The molecule has 0 bridgehead atoms. The average Bonchev–Trinajstić information content (AvgIpc) is 3.21. The second-order valence-electron chi connectivity index (χ2n) is 6.63. The number of nitrogens with zero attached hydrogens (tertiary/aromatic N) is 5. The Hall–Kier alpha value is -3.60. The molecule has 1 saturated heterocycles. The highest BCUT2D eigenvalue weighted by Gasteiger charge is 2.23. The maximum Gasteiger partial charge on any atom is 0.258 e. The van der Waals surface area contributed by atoms with Gasteiger partial charge in [0.15, 0.2) is 5.13 Å². The quantitative estimate of drug-likeness (QED) is 0.618. The van der Waals surface area contributed by atoms with Gasteiger partial charge in [0.2, 0.25) is 17.4 Å². The summed E-state index contributed by atoms with van der Waals surface area (Å²) in [6.45, 7) is 2.54. The van der Waals surface area contributed by atoms with Gasteiger partial charge < -0.3 is 14.8 Å². The van der Waals surface area contributed by atoms with Gasteiger partial charge in [-0.3, -0.25) is 19.7 Å². The van der Waals surface area contributed by atoms with Crippen molar-refractivity contribution in [2.24, 2.45) is 0 Å². The first-order valence-electron chi connectivity index (χ1n) is 9.33. The molecular formula is C19H19N7O3S. The number of carbonyl (C=O) groups is 2. The number of thiazole rings is 1. The van der Waals surface area contributed by atoms with E-state index in [-0.39, 0.29) is 23.8 Å². The number of carbonyl (C=O) groups excluding carboxylic acids is 2. The Morgan fingerprint density at radius 1 is 1.13 bits per heavy atom. The zero-order valence-electron chi connectivity index (χ0n) is 15.9. The second-order valence-corrected chi connectivity index (χ2v) is 7.49. The third-order valence-corrected chi connectivity index (χ3v) is 5.42. The van der Waals surface area contributed by atoms with Crippen LogP contribution >= 0.6 is 11.3 Å². The SMILES string of the molecule is O=C(Nc1nc(CC(=O)N2CCN(c3ncccn3)CC2)cs1)c1ccc(=O)[nH]c1. The van der Waals surface area contributed by atoms with Crippen LogP contribution in [-0.4, -0.2) is 62.8 Å². The summed E-state index contributed by atoms with van der Waals surface area (Å²) in [5, 5.41) is 4.84. The van der Waals surface area contributed by atoms with E-state index in [1.807, 2.05) is 0 Å². The number of amides is 2. The third-order valence-electron chi connectivity index (χ3n) is 4.62. The number of anilines is 2. The second kappa shape index (κ2) is 8.82. The van der Waals surface area contributed by atoms with Gasteiger partial charge in [-0.2, -0.15) is 0 Å². The van der Waals surface area contributed by atoms with E-state index >= 15 is 0 Å². The minimum absolute atomic E-state index is 0.00700. The molecule has 30 heavy (non-hydrogen) atoms. The number of rotatable bonds is 5. The van der Waals surface area contributed by atoms with Crippen molar-refractivity contribution in [3.63, 3.8) is 0 Å². The van der Waals surface area contributed by atoms with Gasteiger partial charge in [-0.1, -0.05) is 0 Å². The van der Waals surface area contributed by atoms with Gasteiger partial charge in [0.25, 0.3) is 5.91 Å². The predicted octanol–water partition coefficient (Wildman–Crippen LogP) is 0.765. The maximum atomic E-state index is 12.6. The summed E-state index contributed by atoms with van der Waals surface area (Å²) in [7, 11) is 0. The molecule has 10 nitrogen and oxygen atoms in total. The summed E-state index contributed by atoms with van der Waals surface area (Å²) in [6.07, 6.45) is 4.92. The lowest BCUT2D eigenvalue weighted by molar-refractivity contribution is -0.130. The Bertz CT molecular complexity index is 1070. The lowest BCUT2D eigenvalue weighted by Gasteiger charge is -2.34. The standard InChI is InChI=1S/C19H19N7O3S/c27-15-3-2-13(11-22-15)17(29)24-19-23-14(12-30-19)10-16(28)25-6-8-26(9-7-25)18-20-4-1-5-21-18/h1-5,11-12H,6-10H2,(H,22,27)(H,23,24,29). The molecule has 2 amide bonds. The van der Waals surface area contributed by atoms with Gasteiger partial charge in [0.1, 0.15) is 0 Å². The number of pyridine rings is 1. The Morgan fingerprint density at radius 3 is 2.60 bits per heavy atom. The van der Waals surface area contributed by atoms with Crippen LogP contribution in [-0.2, 0) is 11.2 Å². The molecule has 0 spiro atoms. The van der Waals surface area contributed by atoms with E-state index in [4.69, 9.17) is 0 Å². The Kier molecular flexibility index (Phi) is 5.80. The number of piperazine rings is 1. The van der Waals surface area contributed by atoms with E-state index in [0.717, 1.165) is 0 Å². The van der Waals surface area contributed by atoms with Crippen LogP contribution in [0.2, 0.25) is 0 Å². The summed E-state index contributed by atoms with van der Waals surface area (Å²) in [6, 6.07) is 4.49. The van der Waals surface area contributed by atoms with Crippen LogP contribution < -0.4 is 15.8 Å². The van der Waals surface area contributed by atoms with E-state index in [2.05, 4.69) is 30.2 Å². The summed E-state index contributed by atoms with van der Waals surface area (Å²) < 4.78 is 0. The molecule has 11 heteroatoms. The molecule has 0 aromatic carbocycles. The third kappa shape index (κ3) is 4.69. The molecule has 1 aliphatic rings. The number of hydrogen-bond acceptors (Lipinski definition) is 8. The summed E-state index contributed by atoms with van der Waals surface area (Å²) in [4.78, 5) is 55.0. The van der Waals surface area contributed by atoms with Crippen LogP contribution in [0, 0.1) is 0 Å². The van der Waals surface area contributed by atoms with E-state index in [9.17, 15) is 14.4 Å². The molecule has 1 fully saturated rings. The maximum absolute atomic E-state index is 12.6. The van der Waals surface area contributed by atoms with Gasteiger partial charge in [-0.15, -0.1) is 11.3 Å². The zero-order chi connectivity index (χ0) is 20.9. The van der Waals surface area contributed by atoms with Gasteiger partial charge in [0, 0.05) is 56.2 Å². The van der Waals surface area contributed by atoms with Crippen molar-refractivity contribution in [2.45, 2.75) is 6.42 Å². The van der Waals surface area contributed by atoms with Crippen molar-refractivity contribution in [1.29, 1.82) is 0 Å². The Labute approximate surface area is 175 Å². The molecule has 154 valence electrons. The lowest BCUT2D eigenvalue weighted by atomic mass is 10.2. The fourth-order valence-electron chi connectivity index (χ4n) is 3.04. The first-order valence-corrected chi connectivity index (χ1v) is 10.2. The minimum Gasteiger partial charge on any atom is -0.339 e. The van der Waals surface area contributed by atoms with Crippen molar-refractivity contribution in [3.8, 4) is 0 Å². The first kappa shape index (κ1) is 19.7. The molecule has 1 aliphatic heterocycles. The molecule has 3 aromatic rings. The smallest absolute Gasteiger partial charge is 0.258 e. The average molecular weight is 425 g/mol. The van der Waals surface area contributed by atoms with Gasteiger partial charge in [0.05, 0.1) is 17.7 Å². The van der Waals surface area contributed by atoms with Crippen LogP contribution in [0.4, 0.5) is 11.1 Å². The van der Waals surface area contributed by atoms with E-state index in [0.29, 0.717) is 48.5 Å². The zero-order valence-corrected chi connectivity index (χ0v) is 16.8. The summed E-state index contributed by atoms with van der Waals surface area (Å²) >= 11 is 1.25. The molecule has 0 unspecified atom stereocenters. The van der Waals surface area contributed by atoms with E-state index in [1.54, 1.807) is 28.7 Å². The van der Waals surface area contributed by atoms with Crippen LogP contribution in [0.25, 0.3) is 0 Å². The van der Waals surface area contributed by atoms with Crippen LogP contribution in [0.3, 0.4) is 0 Å². The van der Waals surface area contributed by atoms with Gasteiger partial charge in [-0.05, 0) is 12.1 Å². The largest absolute Gasteiger partial charge is 0.339 e. The molecular weight excluding hydrogens is 406 g/mol. The highest BCUT2D eigenvalue weighted by molar-refractivity contribution is 7.14. The fraction of sp³-hybridized carbons (Fsp3) is 0.263. The number of hydrogen-bond donors (Lipinski definition) is 2. The molecule has 0 radical (unpaired) electrons. The molecule has 0 atom stereocenters. The Morgan fingerprint density at radius 2 is 1.90 bits per heavy atom. The van der Waals surface area contributed by atoms with Crippen LogP contribution in [0.5, 0.6) is 0 Å². The molecule has 0 aliphatic carbocycles. The molecule has 4 rings (SSSR count). The van der Waals surface area contributed by atoms with Crippen molar-refractivity contribution in [3.05, 3.63) is 63.8 Å². The number of aromatic nitrogens is 4. The predicted molar refractivity (Wildman–Crippen MR) is 112 cm³/mol. The van der Waals surface area contributed by atoms with Crippen LogP contribution in [0.1, 0.15) is 16.1 Å². The number of H-pyrrole nitrogens is 1.